The Bertz CT molecular complexity index is 1610. The molecule has 1 saturated heterocycles. The maximum absolute atomic E-state index is 15.2. The maximum Gasteiger partial charge on any atom is 0.416 e. The Morgan fingerprint density at radius 2 is 1.86 bits per heavy atom. The number of likely N-dealkylation sites (N-methyl/N-ethyl adjacent to an activating group) is 1. The molecule has 2 aromatic carbocycles. The van der Waals surface area contributed by atoms with E-state index in [9.17, 15) is 21.6 Å². The molecular formula is C27H27Cl3F4N5O2S+. The number of sulfonamides is 1. The van der Waals surface area contributed by atoms with E-state index in [4.69, 9.17) is 34.8 Å². The fraction of sp³-hybridized carbons (Fsp3) is 0.407. The number of quaternary nitrogens is 1. The Hall–Kier alpha value is -2.38. The van der Waals surface area contributed by atoms with Crippen LogP contribution in [0.2, 0.25) is 5.02 Å². The Labute approximate surface area is 255 Å². The zero-order valence-electron chi connectivity index (χ0n) is 22.4. The lowest BCUT2D eigenvalue weighted by Crippen LogP contribution is -2.50. The normalized spacial score (nSPS) is 25.1. The molecule has 5 rings (SSSR count). The minimum atomic E-state index is -4.52. The van der Waals surface area contributed by atoms with Gasteiger partial charge in [0, 0.05) is 24.0 Å². The van der Waals surface area contributed by atoms with Gasteiger partial charge in [0.15, 0.2) is 0 Å². The molecule has 2 heterocycles. The summed E-state index contributed by atoms with van der Waals surface area (Å²) in [6, 6.07) is 8.04. The van der Waals surface area contributed by atoms with Gasteiger partial charge in [-0.15, -0.1) is 23.2 Å². The zero-order valence-corrected chi connectivity index (χ0v) is 25.5. The summed E-state index contributed by atoms with van der Waals surface area (Å²) in [7, 11) is -0.421. The number of benzene rings is 2. The van der Waals surface area contributed by atoms with Crippen LogP contribution < -0.4 is 10.0 Å². The van der Waals surface area contributed by atoms with Crippen molar-refractivity contribution in [1.82, 2.24) is 9.97 Å². The number of hydrogen-bond donors (Lipinski definition) is 2. The van der Waals surface area contributed by atoms with E-state index in [1.165, 1.54) is 18.3 Å². The lowest BCUT2D eigenvalue weighted by Gasteiger charge is -2.38. The number of hydrogen-bond acceptors (Lipinski definition) is 5. The van der Waals surface area contributed by atoms with Gasteiger partial charge in [0.1, 0.15) is 27.2 Å². The number of alkyl halides is 5. The maximum atomic E-state index is 15.2. The standard InChI is InChI=1S/C27H27Cl3F4N5O2S/c1-39(2)9-7-25(16-4-3-5-17(10-16)27(32,33)34)23(26(25,29)30)11-18(14-39)37-21-13-20(31)22(12-19(21)28)42(40,41)38-24-6-8-35-15-36-24/h3-6,8,10,12-13,15,18,23,37H,7,9,11,14H2,1-2H3,(H,35,36,38)/q+1/t18-,23+,25+/m0/s1. The lowest BCUT2D eigenvalue weighted by atomic mass is 9.85. The van der Waals surface area contributed by atoms with Crippen molar-refractivity contribution in [3.05, 3.63) is 77.0 Å². The quantitative estimate of drug-likeness (QED) is 0.179. The van der Waals surface area contributed by atoms with Gasteiger partial charge in [-0.1, -0.05) is 29.8 Å². The first-order valence-corrected chi connectivity index (χ1v) is 15.5. The summed E-state index contributed by atoms with van der Waals surface area (Å²) in [4.78, 5) is 6.82. The van der Waals surface area contributed by atoms with E-state index in [2.05, 4.69) is 20.0 Å². The van der Waals surface area contributed by atoms with Gasteiger partial charge in [0.2, 0.25) is 0 Å². The summed E-state index contributed by atoms with van der Waals surface area (Å²) in [5.41, 5.74) is -1.13. The molecule has 2 fully saturated rings. The molecule has 0 spiro atoms. The van der Waals surface area contributed by atoms with Crippen molar-refractivity contribution in [2.24, 2.45) is 5.92 Å². The number of likely N-dealkylation sites (tertiary alicyclic amines) is 1. The van der Waals surface area contributed by atoms with Crippen LogP contribution in [0.1, 0.15) is 24.0 Å². The number of aromatic nitrogens is 2. The number of halogens is 7. The number of nitrogens with one attached hydrogen (secondary N) is 2. The fourth-order valence-electron chi connectivity index (χ4n) is 5.97. The largest absolute Gasteiger partial charge is 0.416 e. The highest BCUT2D eigenvalue weighted by molar-refractivity contribution is 7.92. The number of anilines is 2. The Kier molecular flexibility index (Phi) is 7.88. The van der Waals surface area contributed by atoms with Gasteiger partial charge in [-0.05, 0) is 36.2 Å². The van der Waals surface area contributed by atoms with Crippen LogP contribution in [0.4, 0.5) is 29.1 Å². The molecule has 0 amide bonds. The number of fused-ring (bicyclic) bond motifs is 1. The molecule has 2 aliphatic rings. The van der Waals surface area contributed by atoms with E-state index in [1.54, 1.807) is 6.07 Å². The predicted molar refractivity (Wildman–Crippen MR) is 154 cm³/mol. The zero-order chi connectivity index (χ0) is 30.7. The third-order valence-electron chi connectivity index (χ3n) is 8.09. The molecule has 0 bridgehead atoms. The van der Waals surface area contributed by atoms with E-state index in [0.717, 1.165) is 30.6 Å². The van der Waals surface area contributed by atoms with Crippen molar-refractivity contribution < 1.29 is 30.5 Å². The number of rotatable bonds is 6. The molecule has 3 atom stereocenters. The molecule has 1 aromatic heterocycles. The fourth-order valence-corrected chi connectivity index (χ4v) is 8.46. The molecule has 0 radical (unpaired) electrons. The second kappa shape index (κ2) is 10.7. The topological polar surface area (TPSA) is 84.0 Å². The summed E-state index contributed by atoms with van der Waals surface area (Å²) in [6.45, 7) is 1.09. The molecule has 1 saturated carbocycles. The summed E-state index contributed by atoms with van der Waals surface area (Å²) in [5.74, 6) is -1.50. The van der Waals surface area contributed by atoms with Crippen LogP contribution in [0.3, 0.4) is 0 Å². The van der Waals surface area contributed by atoms with Gasteiger partial charge in [-0.25, -0.2) is 22.8 Å². The molecular weight excluding hydrogens is 641 g/mol. The van der Waals surface area contributed by atoms with Crippen molar-refractivity contribution in [2.45, 2.75) is 39.7 Å². The average Bonchev–Trinajstić information content (AvgIpc) is 3.36. The van der Waals surface area contributed by atoms with E-state index < -0.39 is 48.1 Å². The Balaban J connectivity index is 1.44. The minimum absolute atomic E-state index is 0.0448. The second-order valence-corrected chi connectivity index (χ2v) is 14.8. The molecule has 1 aliphatic heterocycles. The van der Waals surface area contributed by atoms with Gasteiger partial charge >= 0.3 is 6.18 Å². The van der Waals surface area contributed by atoms with Gasteiger partial charge in [-0.2, -0.15) is 13.2 Å². The molecule has 1 aliphatic carbocycles. The van der Waals surface area contributed by atoms with Gasteiger partial charge in [0.25, 0.3) is 10.0 Å². The Morgan fingerprint density at radius 3 is 2.52 bits per heavy atom. The summed E-state index contributed by atoms with van der Waals surface area (Å²) in [6.07, 6.45) is -1.25. The van der Waals surface area contributed by atoms with E-state index in [-0.39, 0.29) is 22.6 Å². The highest BCUT2D eigenvalue weighted by Gasteiger charge is 2.76. The van der Waals surface area contributed by atoms with Gasteiger partial charge < -0.3 is 9.80 Å². The molecule has 2 N–H and O–H groups in total. The lowest BCUT2D eigenvalue weighted by molar-refractivity contribution is -0.891. The molecule has 226 valence electrons. The first kappa shape index (κ1) is 31.1. The van der Waals surface area contributed by atoms with E-state index in [1.807, 2.05) is 14.1 Å². The first-order valence-electron chi connectivity index (χ1n) is 12.9. The van der Waals surface area contributed by atoms with Crippen LogP contribution in [-0.2, 0) is 21.6 Å². The SMILES string of the molecule is C[N+]1(C)CC[C@@]2(c3cccc(C(F)(F)F)c3)[C@@H](C[C@H](Nc3cc(F)c(S(=O)(=O)Nc4ccncn4)cc3Cl)C1)C2(Cl)Cl. The third kappa shape index (κ3) is 5.76. The summed E-state index contributed by atoms with van der Waals surface area (Å²) in [5, 5.41) is 3.17. The number of nitrogens with zero attached hydrogens (tertiary/aromatic N) is 3. The summed E-state index contributed by atoms with van der Waals surface area (Å²) >= 11 is 20.2. The van der Waals surface area contributed by atoms with Crippen LogP contribution in [0.25, 0.3) is 0 Å². The Morgan fingerprint density at radius 1 is 1.12 bits per heavy atom. The molecule has 7 nitrogen and oxygen atoms in total. The molecule has 0 unspecified atom stereocenters. The highest BCUT2D eigenvalue weighted by Crippen LogP contribution is 2.73. The van der Waals surface area contributed by atoms with Crippen molar-refractivity contribution in [2.75, 3.05) is 37.2 Å². The van der Waals surface area contributed by atoms with Crippen molar-refractivity contribution in [3.63, 3.8) is 0 Å². The molecule has 15 heteroatoms. The van der Waals surface area contributed by atoms with Crippen LogP contribution in [0.5, 0.6) is 0 Å². The van der Waals surface area contributed by atoms with Crippen LogP contribution in [0, 0.1) is 11.7 Å². The van der Waals surface area contributed by atoms with Crippen molar-refractivity contribution in [1.29, 1.82) is 0 Å². The van der Waals surface area contributed by atoms with Crippen molar-refractivity contribution in [3.8, 4) is 0 Å². The third-order valence-corrected chi connectivity index (χ3v) is 11.0. The second-order valence-electron chi connectivity index (χ2n) is 11.4. The highest BCUT2D eigenvalue weighted by atomic mass is 35.5. The van der Waals surface area contributed by atoms with E-state index >= 15 is 4.39 Å². The molecule has 3 aromatic rings. The van der Waals surface area contributed by atoms with Crippen LogP contribution in [0.15, 0.2) is 59.9 Å². The monoisotopic (exact) mass is 666 g/mol. The van der Waals surface area contributed by atoms with Gasteiger partial charge in [-0.3, -0.25) is 4.72 Å². The smallest absolute Gasteiger partial charge is 0.375 e. The predicted octanol–water partition coefficient (Wildman–Crippen LogP) is 6.48. The van der Waals surface area contributed by atoms with Gasteiger partial charge in [0.05, 0.1) is 49.5 Å². The average molecular weight is 668 g/mol. The summed E-state index contributed by atoms with van der Waals surface area (Å²) < 4.78 is 82.8. The first-order chi connectivity index (χ1) is 19.5. The van der Waals surface area contributed by atoms with Crippen molar-refractivity contribution >= 4 is 56.3 Å². The van der Waals surface area contributed by atoms with Crippen LogP contribution >= 0.6 is 34.8 Å². The van der Waals surface area contributed by atoms with Crippen LogP contribution in [-0.4, -0.2) is 60.4 Å². The minimum Gasteiger partial charge on any atom is -0.375 e. The van der Waals surface area contributed by atoms with E-state index in [0.29, 0.717) is 36.0 Å². The molecule has 42 heavy (non-hydrogen) atoms.